The van der Waals surface area contributed by atoms with E-state index in [1.165, 1.54) is 11.3 Å². The van der Waals surface area contributed by atoms with Gasteiger partial charge < -0.3 is 10.3 Å². The van der Waals surface area contributed by atoms with Gasteiger partial charge in [-0.05, 0) is 19.1 Å². The lowest BCUT2D eigenvalue weighted by Gasteiger charge is -2.00. The summed E-state index contributed by atoms with van der Waals surface area (Å²) in [6.07, 6.45) is 0.670. The number of rotatable bonds is 4. The third-order valence-corrected chi connectivity index (χ3v) is 3.71. The lowest BCUT2D eigenvalue weighted by atomic mass is 10.3. The molecule has 2 aromatic heterocycles. The average molecular weight is 286 g/mol. The molecule has 3 rings (SSSR count). The highest BCUT2D eigenvalue weighted by atomic mass is 32.1. The number of nitrogens with one attached hydrogen (secondary N) is 2. The highest BCUT2D eigenvalue weighted by molar-refractivity contribution is 7.09. The van der Waals surface area contributed by atoms with Crippen LogP contribution in [-0.4, -0.2) is 27.4 Å². The molecular formula is C14H14N4OS. The molecule has 6 heteroatoms. The van der Waals surface area contributed by atoms with Crippen LogP contribution < -0.4 is 5.32 Å². The van der Waals surface area contributed by atoms with Crippen LogP contribution in [0.5, 0.6) is 0 Å². The Kier molecular flexibility index (Phi) is 3.47. The van der Waals surface area contributed by atoms with E-state index >= 15 is 0 Å². The molecule has 0 unspecified atom stereocenters. The van der Waals surface area contributed by atoms with E-state index in [4.69, 9.17) is 0 Å². The minimum atomic E-state index is -0.134. The first-order valence-electron chi connectivity index (χ1n) is 6.36. The van der Waals surface area contributed by atoms with E-state index in [2.05, 4.69) is 20.3 Å². The van der Waals surface area contributed by atoms with Crippen LogP contribution in [0.15, 0.2) is 29.6 Å². The Bertz CT molecular complexity index is 713. The van der Waals surface area contributed by atoms with Crippen molar-refractivity contribution >= 4 is 28.3 Å². The van der Waals surface area contributed by atoms with E-state index in [9.17, 15) is 4.79 Å². The van der Waals surface area contributed by atoms with Gasteiger partial charge >= 0.3 is 0 Å². The van der Waals surface area contributed by atoms with Gasteiger partial charge in [-0.1, -0.05) is 12.1 Å². The smallest absolute Gasteiger partial charge is 0.270 e. The van der Waals surface area contributed by atoms with Crippen molar-refractivity contribution in [2.75, 3.05) is 6.54 Å². The summed E-state index contributed by atoms with van der Waals surface area (Å²) in [5.41, 5.74) is 2.45. The van der Waals surface area contributed by atoms with E-state index in [1.54, 1.807) is 5.38 Å². The van der Waals surface area contributed by atoms with E-state index in [1.807, 2.05) is 31.2 Å². The number of H-pyrrole nitrogens is 1. The predicted octanol–water partition coefficient (Wildman–Crippen LogP) is 2.30. The molecule has 0 saturated carbocycles. The van der Waals surface area contributed by atoms with Crippen LogP contribution in [0.3, 0.4) is 0 Å². The molecule has 5 nitrogen and oxygen atoms in total. The van der Waals surface area contributed by atoms with Crippen LogP contribution in [0, 0.1) is 6.92 Å². The fraction of sp³-hybridized carbons (Fsp3) is 0.214. The largest absolute Gasteiger partial charge is 0.350 e. The fourth-order valence-corrected chi connectivity index (χ4v) is 2.57. The van der Waals surface area contributed by atoms with Crippen molar-refractivity contribution in [1.29, 1.82) is 0 Å². The van der Waals surface area contributed by atoms with E-state index in [0.29, 0.717) is 18.7 Å². The van der Waals surface area contributed by atoms with Gasteiger partial charge in [0.1, 0.15) is 11.5 Å². The number of carbonyl (C=O) groups is 1. The van der Waals surface area contributed by atoms with Gasteiger partial charge in [-0.25, -0.2) is 9.97 Å². The Morgan fingerprint density at radius 3 is 2.95 bits per heavy atom. The van der Waals surface area contributed by atoms with Crippen molar-refractivity contribution in [3.8, 4) is 0 Å². The van der Waals surface area contributed by atoms with Crippen molar-refractivity contribution in [2.45, 2.75) is 13.3 Å². The van der Waals surface area contributed by atoms with Crippen LogP contribution in [0.25, 0.3) is 11.0 Å². The number of benzene rings is 1. The number of amides is 1. The molecule has 1 aromatic carbocycles. The topological polar surface area (TPSA) is 70.7 Å². The lowest BCUT2D eigenvalue weighted by molar-refractivity contribution is 0.0949. The van der Waals surface area contributed by atoms with E-state index in [-0.39, 0.29) is 5.91 Å². The Morgan fingerprint density at radius 2 is 2.20 bits per heavy atom. The van der Waals surface area contributed by atoms with E-state index < -0.39 is 0 Å². The monoisotopic (exact) mass is 286 g/mol. The zero-order valence-corrected chi connectivity index (χ0v) is 11.8. The summed E-state index contributed by atoms with van der Waals surface area (Å²) >= 11 is 1.48. The molecule has 3 aromatic rings. The second-order valence-electron chi connectivity index (χ2n) is 4.46. The van der Waals surface area contributed by atoms with Crippen molar-refractivity contribution in [2.24, 2.45) is 0 Å². The molecule has 0 bridgehead atoms. The number of thiazole rings is 1. The first-order valence-corrected chi connectivity index (χ1v) is 7.24. The first-order chi connectivity index (χ1) is 9.72. The highest BCUT2D eigenvalue weighted by Crippen LogP contribution is 2.10. The molecule has 0 atom stereocenters. The van der Waals surface area contributed by atoms with Gasteiger partial charge in [0.25, 0.3) is 5.91 Å². The number of para-hydroxylation sites is 2. The standard InChI is InChI=1S/C14H14N4OS/c1-9-16-12(8-20-9)14(19)15-7-6-13-17-10-4-2-3-5-11(10)18-13/h2-5,8H,6-7H2,1H3,(H,15,19)(H,17,18). The zero-order chi connectivity index (χ0) is 13.9. The molecule has 1 amide bonds. The zero-order valence-electron chi connectivity index (χ0n) is 11.0. The van der Waals surface area contributed by atoms with Crippen molar-refractivity contribution in [1.82, 2.24) is 20.3 Å². The Labute approximate surface area is 120 Å². The summed E-state index contributed by atoms with van der Waals surface area (Å²) in [6, 6.07) is 7.88. The van der Waals surface area contributed by atoms with Crippen molar-refractivity contribution < 1.29 is 4.79 Å². The molecule has 0 aliphatic rings. The van der Waals surface area contributed by atoms with Crippen molar-refractivity contribution in [3.63, 3.8) is 0 Å². The van der Waals surface area contributed by atoms with Crippen LogP contribution >= 0.6 is 11.3 Å². The molecule has 2 N–H and O–H groups in total. The third-order valence-electron chi connectivity index (χ3n) is 2.94. The van der Waals surface area contributed by atoms with Crippen LogP contribution in [-0.2, 0) is 6.42 Å². The molecular weight excluding hydrogens is 272 g/mol. The summed E-state index contributed by atoms with van der Waals surface area (Å²) in [7, 11) is 0. The summed E-state index contributed by atoms with van der Waals surface area (Å²) in [5.74, 6) is 0.742. The molecule has 102 valence electrons. The summed E-state index contributed by atoms with van der Waals surface area (Å²) in [6.45, 7) is 2.42. The maximum atomic E-state index is 11.8. The number of hydrogen-bond acceptors (Lipinski definition) is 4. The average Bonchev–Trinajstić information content (AvgIpc) is 3.04. The summed E-state index contributed by atoms with van der Waals surface area (Å²) < 4.78 is 0. The fourth-order valence-electron chi connectivity index (χ4n) is 1.98. The molecule has 20 heavy (non-hydrogen) atoms. The number of aryl methyl sites for hydroxylation is 1. The molecule has 0 aliphatic heterocycles. The van der Waals surface area contributed by atoms with E-state index in [0.717, 1.165) is 21.9 Å². The second kappa shape index (κ2) is 5.42. The molecule has 0 saturated heterocycles. The Morgan fingerprint density at radius 1 is 1.35 bits per heavy atom. The summed E-state index contributed by atoms with van der Waals surface area (Å²) in [5, 5.41) is 5.52. The number of carbonyl (C=O) groups excluding carboxylic acids is 1. The van der Waals surface area contributed by atoms with Gasteiger partial charge in [0.05, 0.1) is 16.0 Å². The number of aromatic nitrogens is 3. The van der Waals surface area contributed by atoms with Gasteiger partial charge in [-0.15, -0.1) is 11.3 Å². The molecule has 0 fully saturated rings. The number of imidazole rings is 1. The predicted molar refractivity (Wildman–Crippen MR) is 79.0 cm³/mol. The third kappa shape index (κ3) is 2.70. The van der Waals surface area contributed by atoms with Gasteiger partial charge in [0.2, 0.25) is 0 Å². The quantitative estimate of drug-likeness (QED) is 0.773. The van der Waals surface area contributed by atoms with Gasteiger partial charge in [-0.2, -0.15) is 0 Å². The molecule has 2 heterocycles. The maximum absolute atomic E-state index is 11.8. The summed E-state index contributed by atoms with van der Waals surface area (Å²) in [4.78, 5) is 23.7. The number of aromatic amines is 1. The van der Waals surface area contributed by atoms with Crippen molar-refractivity contribution in [3.05, 3.63) is 46.2 Å². The van der Waals surface area contributed by atoms with Crippen LogP contribution in [0.2, 0.25) is 0 Å². The lowest BCUT2D eigenvalue weighted by Crippen LogP contribution is -2.26. The first kappa shape index (κ1) is 12.8. The van der Waals surface area contributed by atoms with Gasteiger partial charge in [0.15, 0.2) is 0 Å². The SMILES string of the molecule is Cc1nc(C(=O)NCCc2nc3ccccc3[nH]2)cs1. The molecule has 0 radical (unpaired) electrons. The Balaban J connectivity index is 1.58. The number of nitrogens with zero attached hydrogens (tertiary/aromatic N) is 2. The van der Waals surface area contributed by atoms with Gasteiger partial charge in [-0.3, -0.25) is 4.79 Å². The van der Waals surface area contributed by atoms with Crippen LogP contribution in [0.4, 0.5) is 0 Å². The maximum Gasteiger partial charge on any atom is 0.270 e. The Hall–Kier alpha value is -2.21. The van der Waals surface area contributed by atoms with Crippen LogP contribution in [0.1, 0.15) is 21.3 Å². The minimum absolute atomic E-state index is 0.134. The van der Waals surface area contributed by atoms with Gasteiger partial charge in [0, 0.05) is 18.3 Å². The normalized spacial score (nSPS) is 10.8. The molecule has 0 aliphatic carbocycles. The second-order valence-corrected chi connectivity index (χ2v) is 5.52. The minimum Gasteiger partial charge on any atom is -0.350 e. The number of fused-ring (bicyclic) bond motifs is 1. The molecule has 0 spiro atoms. The highest BCUT2D eigenvalue weighted by Gasteiger charge is 2.09. The number of hydrogen-bond donors (Lipinski definition) is 2.